The van der Waals surface area contributed by atoms with Crippen molar-refractivity contribution in [2.75, 3.05) is 7.11 Å². The summed E-state index contributed by atoms with van der Waals surface area (Å²) in [5.41, 5.74) is 0.878. The second kappa shape index (κ2) is 10.3. The molecule has 7 nitrogen and oxygen atoms in total. The van der Waals surface area contributed by atoms with Crippen molar-refractivity contribution in [3.05, 3.63) is 54.1 Å². The number of carbonyl (C=O) groups excluding carboxylic acids is 1. The van der Waals surface area contributed by atoms with Crippen LogP contribution in [0.4, 0.5) is 4.79 Å². The SMILES string of the molecule is CCC(C)N(Cc1ccc(OS(=O)(=O)c2ccc(OC)cc2)cc1)C(=O)NC(C)C. The van der Waals surface area contributed by atoms with E-state index in [1.54, 1.807) is 41.3 Å². The van der Waals surface area contributed by atoms with E-state index in [0.29, 0.717) is 12.3 Å². The molecular weight excluding hydrogens is 404 g/mol. The summed E-state index contributed by atoms with van der Waals surface area (Å²) in [7, 11) is -2.44. The van der Waals surface area contributed by atoms with E-state index in [0.717, 1.165) is 12.0 Å². The molecule has 0 spiro atoms. The second-order valence-electron chi connectivity index (χ2n) is 7.35. The molecule has 2 aromatic rings. The molecule has 0 aliphatic heterocycles. The lowest BCUT2D eigenvalue weighted by molar-refractivity contribution is 0.171. The van der Waals surface area contributed by atoms with Crippen LogP contribution in [0.5, 0.6) is 11.5 Å². The number of nitrogens with zero attached hydrogens (tertiary/aromatic N) is 1. The van der Waals surface area contributed by atoms with Crippen molar-refractivity contribution in [3.8, 4) is 11.5 Å². The predicted molar refractivity (Wildman–Crippen MR) is 116 cm³/mol. The van der Waals surface area contributed by atoms with Crippen molar-refractivity contribution in [1.29, 1.82) is 0 Å². The summed E-state index contributed by atoms with van der Waals surface area (Å²) in [6.45, 7) is 8.28. The molecule has 0 saturated heterocycles. The average molecular weight is 435 g/mol. The Kier molecular flexibility index (Phi) is 8.11. The first-order valence-corrected chi connectivity index (χ1v) is 11.3. The van der Waals surface area contributed by atoms with Gasteiger partial charge >= 0.3 is 16.1 Å². The molecule has 0 heterocycles. The van der Waals surface area contributed by atoms with Gasteiger partial charge in [0.25, 0.3) is 0 Å². The lowest BCUT2D eigenvalue weighted by Crippen LogP contribution is -2.46. The highest BCUT2D eigenvalue weighted by Crippen LogP contribution is 2.22. The second-order valence-corrected chi connectivity index (χ2v) is 8.89. The summed E-state index contributed by atoms with van der Waals surface area (Å²) >= 11 is 0. The molecule has 30 heavy (non-hydrogen) atoms. The van der Waals surface area contributed by atoms with Crippen molar-refractivity contribution in [3.63, 3.8) is 0 Å². The van der Waals surface area contributed by atoms with E-state index in [1.807, 2.05) is 27.7 Å². The number of carbonyl (C=O) groups is 1. The zero-order valence-corrected chi connectivity index (χ0v) is 18.9. The van der Waals surface area contributed by atoms with Crippen LogP contribution in [0.1, 0.15) is 39.7 Å². The first kappa shape index (κ1) is 23.5. The highest BCUT2D eigenvalue weighted by atomic mass is 32.2. The number of ether oxygens (including phenoxy) is 1. The Hall–Kier alpha value is -2.74. The van der Waals surface area contributed by atoms with E-state index in [-0.39, 0.29) is 28.8 Å². The molecule has 2 amide bonds. The first-order valence-electron chi connectivity index (χ1n) is 9.91. The highest BCUT2D eigenvalue weighted by Gasteiger charge is 2.20. The molecule has 0 aliphatic rings. The number of nitrogens with one attached hydrogen (secondary N) is 1. The van der Waals surface area contributed by atoms with Gasteiger partial charge in [-0.05, 0) is 69.2 Å². The Labute approximate surface area is 179 Å². The summed E-state index contributed by atoms with van der Waals surface area (Å²) < 4.78 is 35.2. The highest BCUT2D eigenvalue weighted by molar-refractivity contribution is 7.87. The van der Waals surface area contributed by atoms with Crippen LogP contribution < -0.4 is 14.2 Å². The Balaban J connectivity index is 2.11. The van der Waals surface area contributed by atoms with E-state index in [1.165, 1.54) is 19.2 Å². The number of methoxy groups -OCH3 is 1. The Morgan fingerprint density at radius 2 is 1.57 bits per heavy atom. The van der Waals surface area contributed by atoms with Gasteiger partial charge in [0.15, 0.2) is 0 Å². The fourth-order valence-electron chi connectivity index (χ4n) is 2.74. The van der Waals surface area contributed by atoms with Gasteiger partial charge in [0.1, 0.15) is 16.4 Å². The smallest absolute Gasteiger partial charge is 0.339 e. The van der Waals surface area contributed by atoms with Gasteiger partial charge in [-0.15, -0.1) is 0 Å². The van der Waals surface area contributed by atoms with Crippen LogP contribution in [0.2, 0.25) is 0 Å². The van der Waals surface area contributed by atoms with Crippen molar-refractivity contribution < 1.29 is 22.1 Å². The quantitative estimate of drug-likeness (QED) is 0.599. The summed E-state index contributed by atoms with van der Waals surface area (Å²) in [5, 5.41) is 2.92. The molecule has 164 valence electrons. The van der Waals surface area contributed by atoms with Gasteiger partial charge < -0.3 is 19.1 Å². The van der Waals surface area contributed by atoms with Crippen molar-refractivity contribution in [2.45, 2.75) is 57.6 Å². The minimum absolute atomic E-state index is 0.0423. The monoisotopic (exact) mass is 434 g/mol. The Bertz CT molecular complexity index is 925. The standard InChI is InChI=1S/C22H30N2O5S/c1-6-17(4)24(22(25)23-16(2)3)15-18-7-9-20(10-8-18)29-30(26,27)21-13-11-19(28-5)12-14-21/h7-14,16-17H,6,15H2,1-5H3,(H,23,25). The number of rotatable bonds is 9. The molecular formula is C22H30N2O5S. The van der Waals surface area contributed by atoms with Gasteiger partial charge in [0, 0.05) is 18.6 Å². The molecule has 8 heteroatoms. The summed E-state index contributed by atoms with van der Waals surface area (Å²) in [6.07, 6.45) is 0.826. The lowest BCUT2D eigenvalue weighted by atomic mass is 10.1. The number of hydrogen-bond acceptors (Lipinski definition) is 5. The van der Waals surface area contributed by atoms with E-state index >= 15 is 0 Å². The number of amides is 2. The molecule has 1 atom stereocenters. The van der Waals surface area contributed by atoms with Gasteiger partial charge in [-0.1, -0.05) is 19.1 Å². The summed E-state index contributed by atoms with van der Waals surface area (Å²) in [4.78, 5) is 14.3. The molecule has 0 aromatic heterocycles. The fraction of sp³-hybridized carbons (Fsp3) is 0.409. The molecule has 2 rings (SSSR count). The third kappa shape index (κ3) is 6.38. The molecule has 0 bridgehead atoms. The maximum absolute atomic E-state index is 12.5. The average Bonchev–Trinajstić information content (AvgIpc) is 2.71. The van der Waals surface area contributed by atoms with Crippen LogP contribution in [-0.4, -0.2) is 38.5 Å². The van der Waals surface area contributed by atoms with Gasteiger partial charge in [-0.2, -0.15) is 8.42 Å². The molecule has 2 aromatic carbocycles. The first-order chi connectivity index (χ1) is 14.2. The third-order valence-electron chi connectivity index (χ3n) is 4.63. The molecule has 1 N–H and O–H groups in total. The van der Waals surface area contributed by atoms with Gasteiger partial charge in [-0.25, -0.2) is 4.79 Å². The number of urea groups is 1. The largest absolute Gasteiger partial charge is 0.497 e. The molecule has 0 saturated carbocycles. The minimum Gasteiger partial charge on any atom is -0.497 e. The number of benzene rings is 2. The van der Waals surface area contributed by atoms with Crippen LogP contribution in [0.25, 0.3) is 0 Å². The zero-order valence-electron chi connectivity index (χ0n) is 18.1. The summed E-state index contributed by atoms with van der Waals surface area (Å²) in [5.74, 6) is 0.766. The summed E-state index contributed by atoms with van der Waals surface area (Å²) in [6, 6.07) is 12.7. The van der Waals surface area contributed by atoms with Crippen molar-refractivity contribution in [1.82, 2.24) is 10.2 Å². The Morgan fingerprint density at radius 1 is 1.00 bits per heavy atom. The minimum atomic E-state index is -3.95. The van der Waals surface area contributed by atoms with Crippen LogP contribution in [0.15, 0.2) is 53.4 Å². The predicted octanol–water partition coefficient (Wildman–Crippen LogP) is 4.18. The van der Waals surface area contributed by atoms with Crippen LogP contribution in [0, 0.1) is 0 Å². The maximum Gasteiger partial charge on any atom is 0.339 e. The third-order valence-corrected chi connectivity index (χ3v) is 5.89. The van der Waals surface area contributed by atoms with Gasteiger partial charge in [0.2, 0.25) is 0 Å². The zero-order chi connectivity index (χ0) is 22.3. The van der Waals surface area contributed by atoms with Crippen molar-refractivity contribution >= 4 is 16.1 Å². The van der Waals surface area contributed by atoms with Crippen molar-refractivity contribution in [2.24, 2.45) is 0 Å². The Morgan fingerprint density at radius 3 is 2.07 bits per heavy atom. The molecule has 0 fully saturated rings. The maximum atomic E-state index is 12.5. The molecule has 0 radical (unpaired) electrons. The number of hydrogen-bond donors (Lipinski definition) is 1. The van der Waals surface area contributed by atoms with Gasteiger partial charge in [0.05, 0.1) is 7.11 Å². The van der Waals surface area contributed by atoms with Crippen LogP contribution in [-0.2, 0) is 16.7 Å². The fourth-order valence-corrected chi connectivity index (χ4v) is 3.67. The van der Waals surface area contributed by atoms with E-state index in [9.17, 15) is 13.2 Å². The van der Waals surface area contributed by atoms with Crippen LogP contribution >= 0.6 is 0 Å². The topological polar surface area (TPSA) is 84.9 Å². The van der Waals surface area contributed by atoms with E-state index in [4.69, 9.17) is 8.92 Å². The molecule has 1 unspecified atom stereocenters. The van der Waals surface area contributed by atoms with Crippen LogP contribution in [0.3, 0.4) is 0 Å². The van der Waals surface area contributed by atoms with E-state index < -0.39 is 10.1 Å². The van der Waals surface area contributed by atoms with E-state index in [2.05, 4.69) is 5.32 Å². The lowest BCUT2D eigenvalue weighted by Gasteiger charge is -2.29. The van der Waals surface area contributed by atoms with Gasteiger partial charge in [-0.3, -0.25) is 0 Å². The normalized spacial score (nSPS) is 12.3. The molecule has 0 aliphatic carbocycles.